The van der Waals surface area contributed by atoms with Crippen LogP contribution in [0.3, 0.4) is 0 Å². The highest BCUT2D eigenvalue weighted by Crippen LogP contribution is 2.36. The van der Waals surface area contributed by atoms with E-state index < -0.39 is 0 Å². The fraction of sp³-hybridized carbons (Fsp3) is 0.625. The van der Waals surface area contributed by atoms with Crippen LogP contribution < -0.4 is 14.8 Å². The van der Waals surface area contributed by atoms with Crippen molar-refractivity contribution in [2.24, 2.45) is 11.3 Å². The van der Waals surface area contributed by atoms with Gasteiger partial charge in [0, 0.05) is 18.5 Å². The lowest BCUT2D eigenvalue weighted by Crippen LogP contribution is -2.57. The van der Waals surface area contributed by atoms with Crippen molar-refractivity contribution in [3.8, 4) is 11.5 Å². The van der Waals surface area contributed by atoms with E-state index in [0.717, 1.165) is 37.6 Å². The van der Waals surface area contributed by atoms with E-state index in [-0.39, 0.29) is 0 Å². The van der Waals surface area contributed by atoms with Crippen molar-refractivity contribution in [3.05, 3.63) is 24.3 Å². The number of nitrogens with one attached hydrogen (secondary N) is 1. The minimum atomic E-state index is 0.417. The van der Waals surface area contributed by atoms with Crippen LogP contribution in [0.2, 0.25) is 0 Å². The average Bonchev–Trinajstić information content (AvgIpc) is 2.34. The molecule has 1 heterocycles. The number of rotatable bonds is 7. The molecular formula is C16H25NO2. The highest BCUT2D eigenvalue weighted by Gasteiger charge is 2.39. The highest BCUT2D eigenvalue weighted by atomic mass is 16.5. The zero-order valence-corrected chi connectivity index (χ0v) is 12.2. The summed E-state index contributed by atoms with van der Waals surface area (Å²) >= 11 is 0. The molecule has 1 aliphatic heterocycles. The number of ether oxygens (including phenoxy) is 2. The van der Waals surface area contributed by atoms with Gasteiger partial charge in [-0.25, -0.2) is 0 Å². The standard InChI is InChI=1S/C16H25NO2/c1-4-18-14-7-5-6-8-15(14)19-10-9-16(13(2)3)11-17-12-16/h5-8,13,17H,4,9-12H2,1-3H3. The first-order valence-corrected chi connectivity index (χ1v) is 7.23. The van der Waals surface area contributed by atoms with Gasteiger partial charge in [-0.05, 0) is 31.4 Å². The van der Waals surface area contributed by atoms with Gasteiger partial charge in [-0.2, -0.15) is 0 Å². The minimum Gasteiger partial charge on any atom is -0.490 e. The maximum atomic E-state index is 5.92. The van der Waals surface area contributed by atoms with Gasteiger partial charge >= 0.3 is 0 Å². The Balaban J connectivity index is 1.89. The molecule has 1 N–H and O–H groups in total. The third kappa shape index (κ3) is 3.21. The quantitative estimate of drug-likeness (QED) is 0.820. The Hall–Kier alpha value is -1.22. The van der Waals surface area contributed by atoms with Crippen molar-refractivity contribution in [3.63, 3.8) is 0 Å². The Labute approximate surface area is 116 Å². The number of para-hydroxylation sites is 2. The van der Waals surface area contributed by atoms with Crippen LogP contribution in [0.5, 0.6) is 11.5 Å². The van der Waals surface area contributed by atoms with E-state index in [9.17, 15) is 0 Å². The predicted molar refractivity (Wildman–Crippen MR) is 77.9 cm³/mol. The van der Waals surface area contributed by atoms with E-state index in [0.29, 0.717) is 17.9 Å². The molecule has 0 amide bonds. The van der Waals surface area contributed by atoms with Gasteiger partial charge in [0.15, 0.2) is 11.5 Å². The largest absolute Gasteiger partial charge is 0.490 e. The fourth-order valence-electron chi connectivity index (χ4n) is 2.53. The van der Waals surface area contributed by atoms with Gasteiger partial charge in [-0.15, -0.1) is 0 Å². The number of hydrogen-bond acceptors (Lipinski definition) is 3. The monoisotopic (exact) mass is 263 g/mol. The second kappa shape index (κ2) is 6.29. The fourth-order valence-corrected chi connectivity index (χ4v) is 2.53. The van der Waals surface area contributed by atoms with Gasteiger partial charge in [0.25, 0.3) is 0 Å². The van der Waals surface area contributed by atoms with Gasteiger partial charge in [0.05, 0.1) is 13.2 Å². The third-order valence-corrected chi connectivity index (χ3v) is 4.19. The zero-order chi connectivity index (χ0) is 13.7. The van der Waals surface area contributed by atoms with Crippen LogP contribution in [0, 0.1) is 11.3 Å². The van der Waals surface area contributed by atoms with E-state index in [1.165, 1.54) is 0 Å². The normalized spacial score (nSPS) is 17.1. The molecule has 3 heteroatoms. The second-order valence-electron chi connectivity index (χ2n) is 5.60. The topological polar surface area (TPSA) is 30.5 Å². The summed E-state index contributed by atoms with van der Waals surface area (Å²) in [5, 5.41) is 3.38. The summed E-state index contributed by atoms with van der Waals surface area (Å²) < 4.78 is 11.5. The molecule has 0 saturated carbocycles. The molecule has 19 heavy (non-hydrogen) atoms. The first-order chi connectivity index (χ1) is 9.18. The molecule has 0 bridgehead atoms. The van der Waals surface area contributed by atoms with Gasteiger partial charge < -0.3 is 14.8 Å². The Kier molecular flexibility index (Phi) is 4.70. The van der Waals surface area contributed by atoms with Crippen LogP contribution >= 0.6 is 0 Å². The first-order valence-electron chi connectivity index (χ1n) is 7.23. The molecule has 2 rings (SSSR count). The molecular weight excluding hydrogens is 238 g/mol. The average molecular weight is 263 g/mol. The van der Waals surface area contributed by atoms with Crippen molar-refractivity contribution in [2.75, 3.05) is 26.3 Å². The molecule has 0 atom stereocenters. The molecule has 0 aliphatic carbocycles. The van der Waals surface area contributed by atoms with Gasteiger partial charge in [0.1, 0.15) is 0 Å². The maximum absolute atomic E-state index is 5.92. The van der Waals surface area contributed by atoms with Gasteiger partial charge in [-0.3, -0.25) is 0 Å². The van der Waals surface area contributed by atoms with E-state index in [2.05, 4.69) is 19.2 Å². The van der Waals surface area contributed by atoms with Crippen LogP contribution in [-0.4, -0.2) is 26.3 Å². The van der Waals surface area contributed by atoms with Crippen molar-refractivity contribution >= 4 is 0 Å². The highest BCUT2D eigenvalue weighted by molar-refractivity contribution is 5.39. The molecule has 1 aliphatic rings. The zero-order valence-electron chi connectivity index (χ0n) is 12.2. The molecule has 3 nitrogen and oxygen atoms in total. The first kappa shape index (κ1) is 14.2. The summed E-state index contributed by atoms with van der Waals surface area (Å²) in [5.41, 5.74) is 0.417. The van der Waals surface area contributed by atoms with Crippen LogP contribution in [0.1, 0.15) is 27.2 Å². The lowest BCUT2D eigenvalue weighted by molar-refractivity contribution is 0.0665. The molecule has 1 aromatic rings. The lowest BCUT2D eigenvalue weighted by atomic mass is 9.70. The molecule has 106 valence electrons. The Bertz CT molecular complexity index is 399. The molecule has 0 aromatic heterocycles. The van der Waals surface area contributed by atoms with E-state index in [4.69, 9.17) is 9.47 Å². The van der Waals surface area contributed by atoms with Crippen LogP contribution in [0.15, 0.2) is 24.3 Å². The summed E-state index contributed by atoms with van der Waals surface area (Å²) in [6.45, 7) is 10.2. The van der Waals surface area contributed by atoms with Crippen molar-refractivity contribution in [2.45, 2.75) is 27.2 Å². The number of hydrogen-bond donors (Lipinski definition) is 1. The minimum absolute atomic E-state index is 0.417. The lowest BCUT2D eigenvalue weighted by Gasteiger charge is -2.46. The third-order valence-electron chi connectivity index (χ3n) is 4.19. The summed E-state index contributed by atoms with van der Waals surface area (Å²) in [6.07, 6.45) is 1.10. The van der Waals surface area contributed by atoms with Gasteiger partial charge in [-0.1, -0.05) is 26.0 Å². The van der Waals surface area contributed by atoms with Crippen LogP contribution in [0.4, 0.5) is 0 Å². The summed E-state index contributed by atoms with van der Waals surface area (Å²) in [7, 11) is 0. The molecule has 0 radical (unpaired) electrons. The molecule has 1 saturated heterocycles. The number of benzene rings is 1. The van der Waals surface area contributed by atoms with Crippen LogP contribution in [0.25, 0.3) is 0 Å². The summed E-state index contributed by atoms with van der Waals surface area (Å²) in [5.74, 6) is 2.39. The van der Waals surface area contributed by atoms with Gasteiger partial charge in [0.2, 0.25) is 0 Å². The molecule has 1 fully saturated rings. The maximum Gasteiger partial charge on any atom is 0.161 e. The van der Waals surface area contributed by atoms with E-state index in [1.807, 2.05) is 31.2 Å². The Morgan fingerprint density at radius 3 is 2.26 bits per heavy atom. The predicted octanol–water partition coefficient (Wildman–Crippen LogP) is 3.10. The second-order valence-corrected chi connectivity index (χ2v) is 5.60. The molecule has 0 unspecified atom stereocenters. The smallest absolute Gasteiger partial charge is 0.161 e. The van der Waals surface area contributed by atoms with Crippen molar-refractivity contribution in [1.29, 1.82) is 0 Å². The Morgan fingerprint density at radius 2 is 1.79 bits per heavy atom. The van der Waals surface area contributed by atoms with Crippen LogP contribution in [-0.2, 0) is 0 Å². The Morgan fingerprint density at radius 1 is 1.16 bits per heavy atom. The van der Waals surface area contributed by atoms with E-state index in [1.54, 1.807) is 0 Å². The van der Waals surface area contributed by atoms with Crippen molar-refractivity contribution in [1.82, 2.24) is 5.32 Å². The molecule has 0 spiro atoms. The van der Waals surface area contributed by atoms with E-state index >= 15 is 0 Å². The SMILES string of the molecule is CCOc1ccccc1OCCC1(C(C)C)CNC1. The summed E-state index contributed by atoms with van der Waals surface area (Å²) in [6, 6.07) is 7.90. The molecule has 1 aromatic carbocycles. The summed E-state index contributed by atoms with van der Waals surface area (Å²) in [4.78, 5) is 0. The van der Waals surface area contributed by atoms with Crippen molar-refractivity contribution < 1.29 is 9.47 Å².